The van der Waals surface area contributed by atoms with Crippen LogP contribution < -0.4 is 4.74 Å². The molecule has 1 nitrogen and oxygen atoms in total. The minimum absolute atomic E-state index is 0.108. The van der Waals surface area contributed by atoms with Crippen LogP contribution in [0.2, 0.25) is 0 Å². The van der Waals surface area contributed by atoms with Crippen LogP contribution in [0.5, 0.6) is 5.75 Å². The van der Waals surface area contributed by atoms with Crippen LogP contribution in [0.4, 0.5) is 4.39 Å². The van der Waals surface area contributed by atoms with E-state index in [1.165, 1.54) is 11.6 Å². The predicted octanol–water partition coefficient (Wildman–Crippen LogP) is 4.82. The molecule has 0 radical (unpaired) electrons. The quantitative estimate of drug-likeness (QED) is 0.733. The van der Waals surface area contributed by atoms with Gasteiger partial charge in [-0.3, -0.25) is 0 Å². The van der Waals surface area contributed by atoms with Gasteiger partial charge >= 0.3 is 0 Å². The summed E-state index contributed by atoms with van der Waals surface area (Å²) < 4.78 is 18.4. The largest absolute Gasteiger partial charge is 0.497 e. The van der Waals surface area contributed by atoms with E-state index in [2.05, 4.69) is 15.9 Å². The van der Waals surface area contributed by atoms with Gasteiger partial charge in [-0.05, 0) is 54.3 Å². The molecule has 100 valence electrons. The first-order valence-corrected chi connectivity index (χ1v) is 7.05. The third kappa shape index (κ3) is 3.57. The number of ether oxygens (including phenoxy) is 1. The maximum Gasteiger partial charge on any atom is 0.123 e. The second kappa shape index (κ2) is 6.20. The average molecular weight is 323 g/mol. The van der Waals surface area contributed by atoms with Crippen LogP contribution in [0.1, 0.15) is 21.5 Å². The Kier molecular flexibility index (Phi) is 4.59. The molecular weight excluding hydrogens is 307 g/mol. The smallest absolute Gasteiger partial charge is 0.123 e. The first-order chi connectivity index (χ1) is 9.10. The summed E-state index contributed by atoms with van der Waals surface area (Å²) in [5.74, 6) is 0.650. The van der Waals surface area contributed by atoms with Crippen molar-refractivity contribution >= 4 is 15.9 Å². The lowest BCUT2D eigenvalue weighted by atomic mass is 10.0. The molecule has 0 bridgehead atoms. The molecule has 0 saturated heterocycles. The monoisotopic (exact) mass is 322 g/mol. The predicted molar refractivity (Wildman–Crippen MR) is 79.5 cm³/mol. The Morgan fingerprint density at radius 3 is 2.47 bits per heavy atom. The number of aryl methyl sites for hydroxylation is 1. The zero-order valence-corrected chi connectivity index (χ0v) is 12.6. The van der Waals surface area contributed by atoms with Crippen LogP contribution in [0.3, 0.4) is 0 Å². The van der Waals surface area contributed by atoms with E-state index < -0.39 is 0 Å². The Labute approximate surface area is 121 Å². The molecule has 2 aromatic carbocycles. The van der Waals surface area contributed by atoms with E-state index in [-0.39, 0.29) is 10.6 Å². The van der Waals surface area contributed by atoms with Crippen molar-refractivity contribution in [1.29, 1.82) is 0 Å². The van der Waals surface area contributed by atoms with E-state index in [1.54, 1.807) is 13.2 Å². The van der Waals surface area contributed by atoms with Gasteiger partial charge in [-0.2, -0.15) is 0 Å². The summed E-state index contributed by atoms with van der Waals surface area (Å²) >= 11 is 3.65. The SMILES string of the molecule is COc1ccc(CC(Br)c2cc(F)ccc2C)cc1. The molecular formula is C16H16BrFO. The molecule has 0 aliphatic heterocycles. The number of hydrogen-bond acceptors (Lipinski definition) is 1. The van der Waals surface area contributed by atoms with E-state index in [0.717, 1.165) is 23.3 Å². The number of hydrogen-bond donors (Lipinski definition) is 0. The van der Waals surface area contributed by atoms with Gasteiger partial charge in [0.25, 0.3) is 0 Å². The molecule has 1 unspecified atom stereocenters. The van der Waals surface area contributed by atoms with Crippen molar-refractivity contribution in [3.63, 3.8) is 0 Å². The highest BCUT2D eigenvalue weighted by Crippen LogP contribution is 2.30. The van der Waals surface area contributed by atoms with Crippen molar-refractivity contribution in [2.24, 2.45) is 0 Å². The van der Waals surface area contributed by atoms with Gasteiger partial charge in [0.1, 0.15) is 11.6 Å². The summed E-state index contributed by atoms with van der Waals surface area (Å²) in [7, 11) is 1.65. The zero-order valence-electron chi connectivity index (χ0n) is 11.0. The van der Waals surface area contributed by atoms with Crippen molar-refractivity contribution < 1.29 is 9.13 Å². The van der Waals surface area contributed by atoms with Gasteiger partial charge in [0.15, 0.2) is 0 Å². The molecule has 0 heterocycles. The Morgan fingerprint density at radius 1 is 1.16 bits per heavy atom. The third-order valence-corrected chi connectivity index (χ3v) is 3.97. The summed E-state index contributed by atoms with van der Waals surface area (Å²) in [5, 5.41) is 0. The van der Waals surface area contributed by atoms with Crippen LogP contribution >= 0.6 is 15.9 Å². The first kappa shape index (κ1) is 14.1. The highest BCUT2D eigenvalue weighted by atomic mass is 79.9. The number of alkyl halides is 1. The second-order valence-electron chi connectivity index (χ2n) is 4.52. The number of benzene rings is 2. The van der Waals surface area contributed by atoms with Gasteiger partial charge in [-0.15, -0.1) is 0 Å². The number of methoxy groups -OCH3 is 1. The van der Waals surface area contributed by atoms with Gasteiger partial charge in [0.05, 0.1) is 7.11 Å². The second-order valence-corrected chi connectivity index (χ2v) is 5.63. The van der Waals surface area contributed by atoms with Gasteiger partial charge in [0.2, 0.25) is 0 Å². The Hall–Kier alpha value is -1.35. The molecule has 0 aromatic heterocycles. The van der Waals surface area contributed by atoms with Gasteiger partial charge in [-0.25, -0.2) is 4.39 Å². The summed E-state index contributed by atoms with van der Waals surface area (Å²) in [6, 6.07) is 12.8. The fourth-order valence-electron chi connectivity index (χ4n) is 2.03. The number of rotatable bonds is 4. The Balaban J connectivity index is 2.15. The minimum atomic E-state index is -0.195. The van der Waals surface area contributed by atoms with Crippen molar-refractivity contribution in [2.75, 3.05) is 7.11 Å². The molecule has 0 N–H and O–H groups in total. The molecule has 2 rings (SSSR count). The van der Waals surface area contributed by atoms with E-state index in [1.807, 2.05) is 37.3 Å². The average Bonchev–Trinajstić information content (AvgIpc) is 2.42. The molecule has 3 heteroatoms. The molecule has 0 saturated carbocycles. The van der Waals surface area contributed by atoms with E-state index in [0.29, 0.717) is 0 Å². The maximum atomic E-state index is 13.3. The first-order valence-electron chi connectivity index (χ1n) is 6.13. The van der Waals surface area contributed by atoms with Gasteiger partial charge in [-0.1, -0.05) is 34.1 Å². The molecule has 2 aromatic rings. The highest BCUT2D eigenvalue weighted by Gasteiger charge is 2.12. The lowest BCUT2D eigenvalue weighted by molar-refractivity contribution is 0.414. The summed E-state index contributed by atoms with van der Waals surface area (Å²) in [6.07, 6.45) is 0.814. The Morgan fingerprint density at radius 2 is 1.84 bits per heavy atom. The van der Waals surface area contributed by atoms with E-state index in [4.69, 9.17) is 4.74 Å². The van der Waals surface area contributed by atoms with Crippen molar-refractivity contribution in [3.8, 4) is 5.75 Å². The van der Waals surface area contributed by atoms with Gasteiger partial charge < -0.3 is 4.74 Å². The van der Waals surface area contributed by atoms with Crippen molar-refractivity contribution in [2.45, 2.75) is 18.2 Å². The number of halogens is 2. The molecule has 0 aliphatic rings. The topological polar surface area (TPSA) is 9.23 Å². The van der Waals surface area contributed by atoms with Crippen LogP contribution in [0.15, 0.2) is 42.5 Å². The molecule has 0 amide bonds. The van der Waals surface area contributed by atoms with E-state index in [9.17, 15) is 4.39 Å². The van der Waals surface area contributed by atoms with Crippen molar-refractivity contribution in [1.82, 2.24) is 0 Å². The fraction of sp³-hybridized carbons (Fsp3) is 0.250. The van der Waals surface area contributed by atoms with Crippen LogP contribution in [0.25, 0.3) is 0 Å². The van der Waals surface area contributed by atoms with Crippen molar-refractivity contribution in [3.05, 3.63) is 65.0 Å². The Bertz CT molecular complexity index is 551. The van der Waals surface area contributed by atoms with Gasteiger partial charge in [0, 0.05) is 4.83 Å². The van der Waals surface area contributed by atoms with Crippen LogP contribution in [-0.4, -0.2) is 7.11 Å². The normalized spacial score (nSPS) is 12.2. The van der Waals surface area contributed by atoms with Crippen LogP contribution in [-0.2, 0) is 6.42 Å². The lowest BCUT2D eigenvalue weighted by Gasteiger charge is -2.13. The molecule has 0 spiro atoms. The maximum absolute atomic E-state index is 13.3. The fourth-order valence-corrected chi connectivity index (χ4v) is 2.89. The molecule has 19 heavy (non-hydrogen) atoms. The molecule has 1 atom stereocenters. The summed E-state index contributed by atoms with van der Waals surface area (Å²) in [4.78, 5) is 0.108. The molecule has 0 fully saturated rings. The zero-order chi connectivity index (χ0) is 13.8. The third-order valence-electron chi connectivity index (χ3n) is 3.15. The highest BCUT2D eigenvalue weighted by molar-refractivity contribution is 9.09. The lowest BCUT2D eigenvalue weighted by Crippen LogP contribution is -1.99. The molecule has 0 aliphatic carbocycles. The minimum Gasteiger partial charge on any atom is -0.497 e. The summed E-state index contributed by atoms with van der Waals surface area (Å²) in [6.45, 7) is 2.00. The van der Waals surface area contributed by atoms with E-state index >= 15 is 0 Å². The summed E-state index contributed by atoms with van der Waals surface area (Å²) in [5.41, 5.74) is 3.28. The standard InChI is InChI=1S/C16H16BrFO/c1-11-3-6-13(18)10-15(11)16(17)9-12-4-7-14(19-2)8-5-12/h3-8,10,16H,9H2,1-2H3. The van der Waals surface area contributed by atoms with Crippen LogP contribution in [0, 0.1) is 12.7 Å².